The third-order valence-corrected chi connectivity index (χ3v) is 23.0. The van der Waals surface area contributed by atoms with Gasteiger partial charge in [-0.25, -0.2) is 0 Å². The van der Waals surface area contributed by atoms with Crippen LogP contribution in [0.1, 0.15) is 300 Å². The number of rotatable bonds is 25. The fourth-order valence-corrected chi connectivity index (χ4v) is 15.2. The van der Waals surface area contributed by atoms with Gasteiger partial charge >= 0.3 is 37.1 Å². The Balaban J connectivity index is -0.000000233. The molecule has 0 aliphatic rings. The third kappa shape index (κ3) is 24.4. The van der Waals surface area contributed by atoms with Crippen LogP contribution in [-0.4, -0.2) is 37.1 Å². The molecule has 18 heteroatoms. The van der Waals surface area contributed by atoms with E-state index in [1.165, 1.54) is 41.5 Å². The molecule has 89 heavy (non-hydrogen) atoms. The number of hydrogen-bond acceptors (Lipinski definition) is 0. The Kier molecular flexibility index (Phi) is 42.7. The van der Waals surface area contributed by atoms with Crippen LogP contribution in [0.3, 0.4) is 0 Å². The van der Waals surface area contributed by atoms with Crippen LogP contribution in [-0.2, 0) is 0 Å². The van der Waals surface area contributed by atoms with Gasteiger partial charge in [0.15, 0.2) is 0 Å². The lowest BCUT2D eigenvalue weighted by Crippen LogP contribution is -2.51. The van der Waals surface area contributed by atoms with E-state index in [0.717, 1.165) is 0 Å². The highest BCUT2D eigenvalue weighted by molar-refractivity contribution is 4.99. The van der Waals surface area contributed by atoms with Gasteiger partial charge in [-0.2, -0.15) is 79.0 Å². The highest BCUT2D eigenvalue weighted by Crippen LogP contribution is 2.60. The molecule has 0 spiro atoms. The van der Waals surface area contributed by atoms with Crippen molar-refractivity contribution in [3.05, 3.63) is 0 Å². The lowest BCUT2D eigenvalue weighted by atomic mass is 9.57. The molecule has 0 aromatic rings. The van der Waals surface area contributed by atoms with Crippen molar-refractivity contribution in [2.75, 3.05) is 0 Å². The molecule has 0 unspecified atom stereocenters. The summed E-state index contributed by atoms with van der Waals surface area (Å²) >= 11 is 0. The summed E-state index contributed by atoms with van der Waals surface area (Å²) in [6.45, 7) is 58.2. The first-order chi connectivity index (χ1) is 39.2. The Morgan fingerprint density at radius 2 is 0.472 bits per heavy atom. The monoisotopic (exact) mass is 1330 g/mol. The van der Waals surface area contributed by atoms with Crippen molar-refractivity contribution in [2.45, 2.75) is 337 Å². The van der Waals surface area contributed by atoms with Crippen molar-refractivity contribution >= 4 is 0 Å². The van der Waals surface area contributed by atoms with Gasteiger partial charge in [0.2, 0.25) is 0 Å². The Morgan fingerprint density at radius 1 is 0.247 bits per heavy atom. The third-order valence-electron chi connectivity index (χ3n) is 23.0. The zero-order valence-electron chi connectivity index (χ0n) is 62.5. The number of hydrogen-bond donors (Lipinski definition) is 0. The number of halogens is 18. The average molecular weight is 1330 g/mol. The van der Waals surface area contributed by atoms with E-state index in [0.29, 0.717) is 57.8 Å². The predicted octanol–water partition coefficient (Wildman–Crippen LogP) is 29.4. The van der Waals surface area contributed by atoms with E-state index in [9.17, 15) is 79.0 Å². The zero-order chi connectivity index (χ0) is 73.7. The highest BCUT2D eigenvalue weighted by atomic mass is 19.4. The summed E-state index contributed by atoms with van der Waals surface area (Å²) in [7, 11) is 0. The van der Waals surface area contributed by atoms with Gasteiger partial charge in [0.1, 0.15) is 0 Å². The minimum absolute atomic E-state index is 0.0361. The van der Waals surface area contributed by atoms with Gasteiger partial charge in [-0.05, 0) is 108 Å². The first-order valence-electron chi connectivity index (χ1n) is 33.6. The van der Waals surface area contributed by atoms with E-state index in [-0.39, 0.29) is 77.4 Å². The van der Waals surface area contributed by atoms with Crippen LogP contribution < -0.4 is 0 Å². The molecular formula is C71H136F18. The Hall–Kier alpha value is -1.26. The molecule has 0 saturated carbocycles. The molecule has 0 radical (unpaired) electrons. The summed E-state index contributed by atoms with van der Waals surface area (Å²) in [5.74, 6) is -3.20. The molecule has 0 aliphatic carbocycles. The topological polar surface area (TPSA) is 0 Å². The van der Waals surface area contributed by atoms with Gasteiger partial charge in [-0.15, -0.1) is 0 Å². The maximum atomic E-state index is 13.4. The molecule has 0 aliphatic heterocycles. The van der Waals surface area contributed by atoms with Crippen molar-refractivity contribution in [1.29, 1.82) is 0 Å². The maximum Gasteiger partial charge on any atom is 0.395 e. The second-order valence-corrected chi connectivity index (χ2v) is 30.1. The van der Waals surface area contributed by atoms with Crippen LogP contribution >= 0.6 is 0 Å². The lowest BCUT2D eigenvalue weighted by molar-refractivity contribution is -0.275. The molecule has 0 heterocycles. The molecular weight excluding hydrogens is 1190 g/mol. The van der Waals surface area contributed by atoms with Gasteiger partial charge < -0.3 is 0 Å². The fourth-order valence-electron chi connectivity index (χ4n) is 15.2. The van der Waals surface area contributed by atoms with Crippen LogP contribution in [0.4, 0.5) is 79.0 Å². The average Bonchev–Trinajstić information content (AvgIpc) is 3.34. The summed E-state index contributed by atoms with van der Waals surface area (Å²) in [5, 5.41) is 0. The summed E-state index contributed by atoms with van der Waals surface area (Å²) < 4.78 is 236. The standard InChI is InChI=1S/3C13H25F3.C12H23F3.C11H21F3.C9H17F3/c1-8(2)11(9(3)4)12(7,10(5)6)13(14,15)16;1-7-8-12(6,13(14,15)16)11(9(2)3)10(4)5;1-6-10(7-2)12(5,13(14,15)16)11(8-3)9-4;1-7-10(5,8-2)11(6,9(3)4)12(13,14)15;1-6-9(7-2)10(5,8(3)4)11(12,13)14;1-6(2)8(5,7(3)4)9(10,11)12/h8-11H,1-7H3;9-11H,7-8H2,1-6H3;10-11H,6-9H2,1-5H3;9H,7-8H2,1-6H3;8-9H,6-7H2,1-5H3;6-7H,1-5H3/t2*12-;;11-;10-;/m00.00./s1. The molecule has 0 aromatic heterocycles. The fraction of sp³-hybridized carbons (Fsp3) is 1.00. The van der Waals surface area contributed by atoms with E-state index in [4.69, 9.17) is 0 Å². The van der Waals surface area contributed by atoms with Crippen molar-refractivity contribution < 1.29 is 79.0 Å². The summed E-state index contributed by atoms with van der Waals surface area (Å²) in [5.41, 5.74) is -10.1. The molecule has 0 aromatic carbocycles. The molecule has 4 atom stereocenters. The molecule has 0 bridgehead atoms. The van der Waals surface area contributed by atoms with Gasteiger partial charge in [0.05, 0.1) is 32.5 Å². The maximum absolute atomic E-state index is 13.4. The predicted molar refractivity (Wildman–Crippen MR) is 341 cm³/mol. The van der Waals surface area contributed by atoms with Gasteiger partial charge in [-0.1, -0.05) is 280 Å². The second kappa shape index (κ2) is 38.5. The van der Waals surface area contributed by atoms with E-state index < -0.39 is 86.8 Å². The summed E-state index contributed by atoms with van der Waals surface area (Å²) in [6, 6.07) is 0. The Bertz CT molecular complexity index is 1740. The first kappa shape index (κ1) is 98.8. The SMILES string of the molecule is CC(C)C(C(C)C)[C@](C)(C(C)C)C(F)(F)F.CC(C)C(C)(C(C)C)C(F)(F)F.CCC(C)(CC)[C@](C)(C(C)C)C(F)(F)F.CCC(CC)C(C)(C(CC)CC)C(F)(F)F.CCC(CC)[C@](C)(C(C)C)C(F)(F)F.CCC[C@@](C)(C(C(C)C)C(C)C)C(F)(F)F. The quantitative estimate of drug-likeness (QED) is 0.0799. The highest BCUT2D eigenvalue weighted by Gasteiger charge is 2.63. The molecule has 0 saturated heterocycles. The van der Waals surface area contributed by atoms with Gasteiger partial charge in [-0.3, -0.25) is 0 Å². The zero-order valence-corrected chi connectivity index (χ0v) is 62.5. The molecule has 546 valence electrons. The van der Waals surface area contributed by atoms with Gasteiger partial charge in [0, 0.05) is 0 Å². The van der Waals surface area contributed by atoms with Crippen molar-refractivity contribution in [3.8, 4) is 0 Å². The lowest BCUT2D eigenvalue weighted by Gasteiger charge is -2.49. The Labute approximate surface area is 534 Å². The minimum atomic E-state index is -4.14. The van der Waals surface area contributed by atoms with Crippen molar-refractivity contribution in [3.63, 3.8) is 0 Å². The minimum Gasteiger partial charge on any atom is -0.171 e. The van der Waals surface area contributed by atoms with Gasteiger partial charge in [0.25, 0.3) is 0 Å². The van der Waals surface area contributed by atoms with Crippen molar-refractivity contribution in [2.24, 2.45) is 121 Å². The van der Waals surface area contributed by atoms with Crippen LogP contribution in [0.5, 0.6) is 0 Å². The molecule has 0 amide bonds. The van der Waals surface area contributed by atoms with Crippen LogP contribution in [0, 0.1) is 121 Å². The molecule has 0 nitrogen and oxygen atoms in total. The van der Waals surface area contributed by atoms with Crippen molar-refractivity contribution in [1.82, 2.24) is 0 Å². The van der Waals surface area contributed by atoms with E-state index in [1.54, 1.807) is 76.2 Å². The van der Waals surface area contributed by atoms with E-state index in [2.05, 4.69) is 0 Å². The van der Waals surface area contributed by atoms with E-state index in [1.807, 2.05) is 118 Å². The number of alkyl halides is 18. The smallest absolute Gasteiger partial charge is 0.171 e. The normalized spacial score (nSPS) is 16.5. The molecule has 0 rings (SSSR count). The van der Waals surface area contributed by atoms with Crippen LogP contribution in [0.15, 0.2) is 0 Å². The second-order valence-electron chi connectivity index (χ2n) is 30.1. The molecule has 0 N–H and O–H groups in total. The van der Waals surface area contributed by atoms with Crippen LogP contribution in [0.25, 0.3) is 0 Å². The Morgan fingerprint density at radius 3 is 0.562 bits per heavy atom. The molecule has 0 fully saturated rings. The van der Waals surface area contributed by atoms with Crippen LogP contribution in [0.2, 0.25) is 0 Å². The summed E-state index contributed by atoms with van der Waals surface area (Å²) in [4.78, 5) is 0. The largest absolute Gasteiger partial charge is 0.395 e. The summed E-state index contributed by atoms with van der Waals surface area (Å²) in [6.07, 6.45) is -19.2. The first-order valence-corrected chi connectivity index (χ1v) is 33.6. The van der Waals surface area contributed by atoms with E-state index >= 15 is 0 Å².